The molecule has 0 nitrogen and oxygen atoms in total. The Bertz CT molecular complexity index is 248. The SMILES string of the molecule is CCCCc1c[c]cc(C(C)C)c1. The molecule has 0 saturated heterocycles. The Morgan fingerprint density at radius 1 is 1.31 bits per heavy atom. The summed E-state index contributed by atoms with van der Waals surface area (Å²) in [5, 5.41) is 0. The maximum Gasteiger partial charge on any atom is -0.0178 e. The first-order chi connectivity index (χ1) is 6.24. The molecule has 0 bridgehead atoms. The molecule has 0 aromatic heterocycles. The smallest absolute Gasteiger partial charge is 0.0178 e. The van der Waals surface area contributed by atoms with Gasteiger partial charge in [0.15, 0.2) is 0 Å². The van der Waals surface area contributed by atoms with Crippen molar-refractivity contribution < 1.29 is 0 Å². The standard InChI is InChI=1S/C13H19/c1-4-5-7-12-8-6-9-13(10-12)11(2)3/h8-11H,4-5,7H2,1-3H3. The Morgan fingerprint density at radius 3 is 2.69 bits per heavy atom. The van der Waals surface area contributed by atoms with Gasteiger partial charge in [0.2, 0.25) is 0 Å². The normalized spacial score (nSPS) is 10.8. The van der Waals surface area contributed by atoms with Gasteiger partial charge in [0.05, 0.1) is 0 Å². The number of hydrogen-bond acceptors (Lipinski definition) is 0. The minimum atomic E-state index is 0.623. The lowest BCUT2D eigenvalue weighted by atomic mass is 9.99. The summed E-state index contributed by atoms with van der Waals surface area (Å²) in [6.45, 7) is 6.69. The Labute approximate surface area is 82.0 Å². The van der Waals surface area contributed by atoms with E-state index in [0.29, 0.717) is 5.92 Å². The van der Waals surface area contributed by atoms with Gasteiger partial charge in [-0.1, -0.05) is 45.4 Å². The van der Waals surface area contributed by atoms with Gasteiger partial charge in [-0.05, 0) is 36.0 Å². The Hall–Kier alpha value is -0.780. The number of hydrogen-bond donors (Lipinski definition) is 0. The molecule has 13 heavy (non-hydrogen) atoms. The number of rotatable bonds is 4. The first-order valence-corrected chi connectivity index (χ1v) is 5.24. The molecule has 0 unspecified atom stereocenters. The molecule has 0 heterocycles. The van der Waals surface area contributed by atoms with Crippen LogP contribution in [-0.4, -0.2) is 0 Å². The number of unbranched alkanes of at least 4 members (excludes halogenated alkanes) is 1. The third kappa shape index (κ3) is 3.22. The number of benzene rings is 1. The van der Waals surface area contributed by atoms with E-state index in [9.17, 15) is 0 Å². The monoisotopic (exact) mass is 175 g/mol. The van der Waals surface area contributed by atoms with Gasteiger partial charge in [-0.2, -0.15) is 0 Å². The van der Waals surface area contributed by atoms with Crippen LogP contribution in [0.5, 0.6) is 0 Å². The van der Waals surface area contributed by atoms with E-state index in [1.807, 2.05) is 0 Å². The molecule has 1 radical (unpaired) electrons. The second kappa shape index (κ2) is 5.06. The summed E-state index contributed by atoms with van der Waals surface area (Å²) in [5.41, 5.74) is 2.85. The molecule has 0 heteroatoms. The Kier molecular flexibility index (Phi) is 4.01. The van der Waals surface area contributed by atoms with E-state index in [2.05, 4.69) is 45.0 Å². The maximum absolute atomic E-state index is 3.22. The van der Waals surface area contributed by atoms with Crippen molar-refractivity contribution in [2.24, 2.45) is 0 Å². The van der Waals surface area contributed by atoms with Gasteiger partial charge in [0, 0.05) is 0 Å². The summed E-state index contributed by atoms with van der Waals surface area (Å²) in [5.74, 6) is 0.623. The molecule has 1 aromatic rings. The van der Waals surface area contributed by atoms with E-state index in [1.165, 1.54) is 30.4 Å². The van der Waals surface area contributed by atoms with Crippen molar-refractivity contribution in [2.45, 2.75) is 46.0 Å². The quantitative estimate of drug-likeness (QED) is 0.650. The molecule has 0 spiro atoms. The first kappa shape index (κ1) is 10.3. The van der Waals surface area contributed by atoms with Gasteiger partial charge in [-0.15, -0.1) is 0 Å². The molecule has 0 fully saturated rings. The van der Waals surface area contributed by atoms with E-state index < -0.39 is 0 Å². The van der Waals surface area contributed by atoms with Gasteiger partial charge in [0.1, 0.15) is 0 Å². The van der Waals surface area contributed by atoms with Crippen LogP contribution in [0, 0.1) is 6.07 Å². The van der Waals surface area contributed by atoms with Crippen molar-refractivity contribution in [3.05, 3.63) is 35.4 Å². The highest BCUT2D eigenvalue weighted by atomic mass is 14.0. The van der Waals surface area contributed by atoms with Crippen LogP contribution in [0.4, 0.5) is 0 Å². The second-order valence-electron chi connectivity index (χ2n) is 3.93. The average molecular weight is 175 g/mol. The van der Waals surface area contributed by atoms with Crippen LogP contribution in [0.25, 0.3) is 0 Å². The molecule has 0 atom stereocenters. The predicted molar refractivity (Wildman–Crippen MR) is 58.0 cm³/mol. The summed E-state index contributed by atoms with van der Waals surface area (Å²) >= 11 is 0. The number of aryl methyl sites for hydroxylation is 1. The van der Waals surface area contributed by atoms with Crippen LogP contribution < -0.4 is 0 Å². The topological polar surface area (TPSA) is 0 Å². The lowest BCUT2D eigenvalue weighted by Crippen LogP contribution is -1.90. The van der Waals surface area contributed by atoms with E-state index in [-0.39, 0.29) is 0 Å². The van der Waals surface area contributed by atoms with Gasteiger partial charge in [-0.3, -0.25) is 0 Å². The molecule has 0 aliphatic carbocycles. The fraction of sp³-hybridized carbons (Fsp3) is 0.538. The predicted octanol–water partition coefficient (Wildman–Crippen LogP) is 3.95. The van der Waals surface area contributed by atoms with E-state index >= 15 is 0 Å². The molecular formula is C13H19. The maximum atomic E-state index is 3.22. The summed E-state index contributed by atoms with van der Waals surface area (Å²) in [7, 11) is 0. The second-order valence-corrected chi connectivity index (χ2v) is 3.93. The Morgan fingerprint density at radius 2 is 2.08 bits per heavy atom. The molecule has 0 amide bonds. The third-order valence-corrected chi connectivity index (χ3v) is 2.36. The van der Waals surface area contributed by atoms with Crippen molar-refractivity contribution in [1.29, 1.82) is 0 Å². The zero-order valence-electron chi connectivity index (χ0n) is 8.93. The summed E-state index contributed by atoms with van der Waals surface area (Å²) in [6, 6.07) is 9.75. The fourth-order valence-electron chi connectivity index (χ4n) is 1.40. The van der Waals surface area contributed by atoms with E-state index in [0.717, 1.165) is 0 Å². The highest BCUT2D eigenvalue weighted by molar-refractivity contribution is 5.24. The molecule has 0 aliphatic heterocycles. The lowest BCUT2D eigenvalue weighted by molar-refractivity contribution is 0.789. The first-order valence-electron chi connectivity index (χ1n) is 5.24. The molecule has 1 aromatic carbocycles. The van der Waals surface area contributed by atoms with Gasteiger partial charge in [-0.25, -0.2) is 0 Å². The Balaban J connectivity index is 2.68. The van der Waals surface area contributed by atoms with Gasteiger partial charge >= 0.3 is 0 Å². The lowest BCUT2D eigenvalue weighted by Gasteiger charge is -2.07. The fourth-order valence-corrected chi connectivity index (χ4v) is 1.40. The molecule has 71 valence electrons. The van der Waals surface area contributed by atoms with Crippen molar-refractivity contribution in [3.8, 4) is 0 Å². The van der Waals surface area contributed by atoms with Crippen LogP contribution in [0.2, 0.25) is 0 Å². The third-order valence-electron chi connectivity index (χ3n) is 2.36. The van der Waals surface area contributed by atoms with Crippen LogP contribution in [0.3, 0.4) is 0 Å². The largest absolute Gasteiger partial charge is 0.0654 e. The minimum Gasteiger partial charge on any atom is -0.0654 e. The van der Waals surface area contributed by atoms with Gasteiger partial charge in [0.25, 0.3) is 0 Å². The minimum absolute atomic E-state index is 0.623. The van der Waals surface area contributed by atoms with Crippen LogP contribution >= 0.6 is 0 Å². The van der Waals surface area contributed by atoms with Crippen molar-refractivity contribution in [1.82, 2.24) is 0 Å². The van der Waals surface area contributed by atoms with Crippen molar-refractivity contribution in [3.63, 3.8) is 0 Å². The molecule has 0 aliphatic rings. The summed E-state index contributed by atoms with van der Waals surface area (Å²) in [6.07, 6.45) is 3.76. The summed E-state index contributed by atoms with van der Waals surface area (Å²) in [4.78, 5) is 0. The van der Waals surface area contributed by atoms with Crippen LogP contribution in [0.1, 0.15) is 50.7 Å². The van der Waals surface area contributed by atoms with Gasteiger partial charge < -0.3 is 0 Å². The van der Waals surface area contributed by atoms with E-state index in [1.54, 1.807) is 0 Å². The molecule has 1 rings (SSSR count). The molecular weight excluding hydrogens is 156 g/mol. The zero-order chi connectivity index (χ0) is 9.68. The highest BCUT2D eigenvalue weighted by Crippen LogP contribution is 2.16. The van der Waals surface area contributed by atoms with Crippen LogP contribution in [0.15, 0.2) is 18.2 Å². The highest BCUT2D eigenvalue weighted by Gasteiger charge is 1.99. The van der Waals surface area contributed by atoms with Crippen molar-refractivity contribution in [2.75, 3.05) is 0 Å². The van der Waals surface area contributed by atoms with Crippen LogP contribution in [-0.2, 0) is 6.42 Å². The molecule has 0 N–H and O–H groups in total. The molecule has 0 saturated carbocycles. The summed E-state index contributed by atoms with van der Waals surface area (Å²) < 4.78 is 0. The van der Waals surface area contributed by atoms with Crippen molar-refractivity contribution >= 4 is 0 Å². The average Bonchev–Trinajstić information content (AvgIpc) is 2.15. The zero-order valence-corrected chi connectivity index (χ0v) is 8.93. The van der Waals surface area contributed by atoms with E-state index in [4.69, 9.17) is 0 Å².